The van der Waals surface area contributed by atoms with Gasteiger partial charge < -0.3 is 5.32 Å². The second-order valence-corrected chi connectivity index (χ2v) is 3.39. The van der Waals surface area contributed by atoms with Gasteiger partial charge in [0.05, 0.1) is 11.1 Å². The van der Waals surface area contributed by atoms with Gasteiger partial charge in [0.2, 0.25) is 0 Å². The molecule has 0 unspecified atom stereocenters. The molecule has 4 heteroatoms. The molecule has 0 fully saturated rings. The molecule has 1 heterocycles. The minimum absolute atomic E-state index is 0.277. The fourth-order valence-corrected chi connectivity index (χ4v) is 1.35. The number of nitrogens with one attached hydrogen (secondary N) is 1. The highest BCUT2D eigenvalue weighted by atomic mass is 16.1. The molecule has 0 spiro atoms. The zero-order chi connectivity index (χ0) is 12.1. The Kier molecular flexibility index (Phi) is 3.13. The number of amides is 1. The summed E-state index contributed by atoms with van der Waals surface area (Å²) < 4.78 is 0. The van der Waals surface area contributed by atoms with Crippen molar-refractivity contribution in [2.45, 2.75) is 0 Å². The SMILES string of the molecule is N#Cc1cncc(C(=O)Nc2ccccc2)c1. The number of carbonyl (C=O) groups excluding carboxylic acids is 1. The third kappa shape index (κ3) is 2.67. The summed E-state index contributed by atoms with van der Waals surface area (Å²) in [4.78, 5) is 15.7. The predicted octanol–water partition coefficient (Wildman–Crippen LogP) is 2.21. The molecule has 4 nitrogen and oxygen atoms in total. The summed E-state index contributed by atoms with van der Waals surface area (Å²) >= 11 is 0. The largest absolute Gasteiger partial charge is 0.322 e. The Hall–Kier alpha value is -2.67. The van der Waals surface area contributed by atoms with Crippen molar-refractivity contribution in [3.8, 4) is 6.07 Å². The van der Waals surface area contributed by atoms with E-state index < -0.39 is 0 Å². The summed E-state index contributed by atoms with van der Waals surface area (Å²) in [6.45, 7) is 0. The van der Waals surface area contributed by atoms with Crippen LogP contribution in [0.1, 0.15) is 15.9 Å². The van der Waals surface area contributed by atoms with Crippen molar-refractivity contribution < 1.29 is 4.79 Å². The first-order valence-corrected chi connectivity index (χ1v) is 5.01. The Morgan fingerprint density at radius 1 is 1.24 bits per heavy atom. The number of rotatable bonds is 2. The van der Waals surface area contributed by atoms with E-state index in [4.69, 9.17) is 5.26 Å². The summed E-state index contributed by atoms with van der Waals surface area (Å²) in [6, 6.07) is 12.6. The maximum absolute atomic E-state index is 11.8. The Morgan fingerprint density at radius 3 is 2.71 bits per heavy atom. The van der Waals surface area contributed by atoms with Crippen LogP contribution in [-0.4, -0.2) is 10.9 Å². The van der Waals surface area contributed by atoms with Crippen LogP contribution in [0.5, 0.6) is 0 Å². The molecule has 0 saturated carbocycles. The second-order valence-electron chi connectivity index (χ2n) is 3.39. The Bertz CT molecular complexity index is 573. The number of nitriles is 1. The molecule has 0 aliphatic heterocycles. The lowest BCUT2D eigenvalue weighted by Gasteiger charge is -2.04. The van der Waals surface area contributed by atoms with Crippen LogP contribution in [-0.2, 0) is 0 Å². The van der Waals surface area contributed by atoms with E-state index in [9.17, 15) is 4.79 Å². The molecule has 1 aromatic heterocycles. The smallest absolute Gasteiger partial charge is 0.257 e. The fourth-order valence-electron chi connectivity index (χ4n) is 1.35. The van der Waals surface area contributed by atoms with Crippen LogP contribution in [0, 0.1) is 11.3 Å². The lowest BCUT2D eigenvalue weighted by Crippen LogP contribution is -2.12. The number of para-hydroxylation sites is 1. The number of nitrogens with zero attached hydrogens (tertiary/aromatic N) is 2. The first-order valence-electron chi connectivity index (χ1n) is 5.01. The molecule has 0 aliphatic carbocycles. The highest BCUT2D eigenvalue weighted by Crippen LogP contribution is 2.08. The zero-order valence-corrected chi connectivity index (χ0v) is 8.92. The molecule has 1 N–H and O–H groups in total. The first-order chi connectivity index (χ1) is 8.29. The van der Waals surface area contributed by atoms with Crippen LogP contribution in [0.4, 0.5) is 5.69 Å². The van der Waals surface area contributed by atoms with Crippen LogP contribution >= 0.6 is 0 Å². The summed E-state index contributed by atoms with van der Waals surface area (Å²) in [6.07, 6.45) is 2.85. The molecule has 0 atom stereocenters. The standard InChI is InChI=1S/C13H9N3O/c14-7-10-6-11(9-15-8-10)13(17)16-12-4-2-1-3-5-12/h1-6,8-9H,(H,16,17). The van der Waals surface area contributed by atoms with Gasteiger partial charge in [-0.2, -0.15) is 5.26 Å². The van der Waals surface area contributed by atoms with Crippen molar-refractivity contribution >= 4 is 11.6 Å². The van der Waals surface area contributed by atoms with E-state index in [1.165, 1.54) is 18.5 Å². The molecule has 1 aromatic carbocycles. The Balaban J connectivity index is 2.18. The quantitative estimate of drug-likeness (QED) is 0.848. The molecule has 0 aliphatic rings. The number of hydrogen-bond donors (Lipinski definition) is 1. The van der Waals surface area contributed by atoms with Crippen LogP contribution in [0.15, 0.2) is 48.8 Å². The van der Waals surface area contributed by atoms with Gasteiger partial charge in [-0.3, -0.25) is 9.78 Å². The predicted molar refractivity (Wildman–Crippen MR) is 63.3 cm³/mol. The molecule has 2 rings (SSSR count). The minimum atomic E-state index is -0.277. The van der Waals surface area contributed by atoms with Crippen LogP contribution in [0.3, 0.4) is 0 Å². The van der Waals surface area contributed by atoms with E-state index in [0.29, 0.717) is 16.8 Å². The fraction of sp³-hybridized carbons (Fsp3) is 0. The Morgan fingerprint density at radius 2 is 2.00 bits per heavy atom. The normalized spacial score (nSPS) is 9.35. The lowest BCUT2D eigenvalue weighted by molar-refractivity contribution is 0.102. The van der Waals surface area contributed by atoms with Crippen molar-refractivity contribution in [1.29, 1.82) is 5.26 Å². The summed E-state index contributed by atoms with van der Waals surface area (Å²) in [5, 5.41) is 11.4. The first kappa shape index (κ1) is 10.8. The highest BCUT2D eigenvalue weighted by Gasteiger charge is 2.06. The average molecular weight is 223 g/mol. The second kappa shape index (κ2) is 4.90. The van der Waals surface area contributed by atoms with Gasteiger partial charge >= 0.3 is 0 Å². The van der Waals surface area contributed by atoms with Gasteiger partial charge in [-0.25, -0.2) is 0 Å². The molecule has 1 amide bonds. The van der Waals surface area contributed by atoms with E-state index in [1.807, 2.05) is 24.3 Å². The van der Waals surface area contributed by atoms with Gasteiger partial charge in [-0.15, -0.1) is 0 Å². The van der Waals surface area contributed by atoms with E-state index in [-0.39, 0.29) is 5.91 Å². The maximum atomic E-state index is 11.8. The number of benzene rings is 1. The molecular weight excluding hydrogens is 214 g/mol. The van der Waals surface area contributed by atoms with E-state index in [0.717, 1.165) is 0 Å². The van der Waals surface area contributed by atoms with Gasteiger partial charge in [0.15, 0.2) is 0 Å². The zero-order valence-electron chi connectivity index (χ0n) is 8.92. The summed E-state index contributed by atoms with van der Waals surface area (Å²) in [5.41, 5.74) is 1.44. The number of pyridine rings is 1. The topological polar surface area (TPSA) is 65.8 Å². The van der Waals surface area contributed by atoms with Crippen molar-refractivity contribution in [2.75, 3.05) is 5.32 Å². The van der Waals surface area contributed by atoms with Gasteiger partial charge in [0, 0.05) is 18.1 Å². The molecule has 0 radical (unpaired) electrons. The summed E-state index contributed by atoms with van der Waals surface area (Å²) in [7, 11) is 0. The third-order valence-corrected chi connectivity index (χ3v) is 2.16. The molecule has 0 bridgehead atoms. The van der Waals surface area contributed by atoms with Gasteiger partial charge in [-0.1, -0.05) is 18.2 Å². The molecular formula is C13H9N3O. The van der Waals surface area contributed by atoms with Crippen LogP contribution in [0.2, 0.25) is 0 Å². The van der Waals surface area contributed by atoms with Crippen molar-refractivity contribution in [3.05, 3.63) is 59.9 Å². The molecule has 17 heavy (non-hydrogen) atoms. The Labute approximate surface area is 98.5 Å². The molecule has 82 valence electrons. The van der Waals surface area contributed by atoms with Crippen LogP contribution < -0.4 is 5.32 Å². The van der Waals surface area contributed by atoms with Gasteiger partial charge in [0.1, 0.15) is 6.07 Å². The highest BCUT2D eigenvalue weighted by molar-refractivity contribution is 6.04. The molecule has 0 saturated heterocycles. The minimum Gasteiger partial charge on any atom is -0.322 e. The van der Waals surface area contributed by atoms with E-state index in [1.54, 1.807) is 12.1 Å². The van der Waals surface area contributed by atoms with E-state index in [2.05, 4.69) is 10.3 Å². The number of carbonyl (C=O) groups is 1. The van der Waals surface area contributed by atoms with Crippen LogP contribution in [0.25, 0.3) is 0 Å². The molecule has 2 aromatic rings. The van der Waals surface area contributed by atoms with Crippen molar-refractivity contribution in [1.82, 2.24) is 4.98 Å². The monoisotopic (exact) mass is 223 g/mol. The lowest BCUT2D eigenvalue weighted by atomic mass is 10.2. The number of aromatic nitrogens is 1. The number of hydrogen-bond acceptors (Lipinski definition) is 3. The summed E-state index contributed by atoms with van der Waals surface area (Å²) in [5.74, 6) is -0.277. The van der Waals surface area contributed by atoms with Crippen molar-refractivity contribution in [2.24, 2.45) is 0 Å². The van der Waals surface area contributed by atoms with Gasteiger partial charge in [-0.05, 0) is 18.2 Å². The van der Waals surface area contributed by atoms with Gasteiger partial charge in [0.25, 0.3) is 5.91 Å². The van der Waals surface area contributed by atoms with E-state index >= 15 is 0 Å². The maximum Gasteiger partial charge on any atom is 0.257 e. The van der Waals surface area contributed by atoms with Crippen molar-refractivity contribution in [3.63, 3.8) is 0 Å². The average Bonchev–Trinajstić information content (AvgIpc) is 2.40. The third-order valence-electron chi connectivity index (χ3n) is 2.16. The number of anilines is 1.